The number of rotatable bonds is 1. The highest BCUT2D eigenvalue weighted by Crippen LogP contribution is 2.09. The maximum absolute atomic E-state index is 10.9. The summed E-state index contributed by atoms with van der Waals surface area (Å²) in [6.07, 6.45) is 1.61. The van der Waals surface area contributed by atoms with E-state index >= 15 is 0 Å². The van der Waals surface area contributed by atoms with E-state index in [1.165, 1.54) is 0 Å². The molecule has 0 aromatic rings. The van der Waals surface area contributed by atoms with Crippen molar-refractivity contribution in [2.24, 2.45) is 0 Å². The van der Waals surface area contributed by atoms with Gasteiger partial charge < -0.3 is 10.1 Å². The van der Waals surface area contributed by atoms with E-state index < -0.39 is 0 Å². The largest absolute Gasteiger partial charge is 0.462 e. The molecule has 1 heterocycles. The first-order valence-corrected chi connectivity index (χ1v) is 6.27. The van der Waals surface area contributed by atoms with E-state index in [0.717, 1.165) is 19.5 Å². The van der Waals surface area contributed by atoms with Gasteiger partial charge in [0.05, 0.1) is 4.83 Å². The molecule has 0 aromatic carbocycles. The van der Waals surface area contributed by atoms with E-state index in [-0.39, 0.29) is 10.4 Å². The second kappa shape index (κ2) is 7.79. The molecule has 1 unspecified atom stereocenters. The van der Waals surface area contributed by atoms with Crippen molar-refractivity contribution in [1.29, 1.82) is 0 Å². The smallest absolute Gasteiger partial charge is 0.293 e. The predicted molar refractivity (Wildman–Crippen MR) is 66.7 cm³/mol. The molecule has 0 radical (unpaired) electrons. The Morgan fingerprint density at radius 3 is 2.50 bits per heavy atom. The minimum Gasteiger partial charge on any atom is -0.462 e. The number of ketones is 1. The highest BCUT2D eigenvalue weighted by molar-refractivity contribution is 9.10. The standard InChI is InChI=1S/C6H10BrNO.C5H10O2/c7-5-1-3-8-4-2-6(5)9;1-5(2,3)7-4-6/h5,8H,1-4H2;4H,1-3H3. The van der Waals surface area contributed by atoms with Crippen molar-refractivity contribution in [3.63, 3.8) is 0 Å². The van der Waals surface area contributed by atoms with Crippen molar-refractivity contribution in [2.45, 2.75) is 44.0 Å². The Morgan fingerprint density at radius 2 is 2.06 bits per heavy atom. The Labute approximate surface area is 105 Å². The zero-order chi connectivity index (χ0) is 12.6. The maximum atomic E-state index is 10.9. The minimum atomic E-state index is -0.318. The van der Waals surface area contributed by atoms with Crippen LogP contribution < -0.4 is 5.32 Å². The lowest BCUT2D eigenvalue weighted by molar-refractivity contribution is -0.138. The number of carbonyl (C=O) groups is 2. The van der Waals surface area contributed by atoms with Gasteiger partial charge in [0.1, 0.15) is 11.4 Å². The molecule has 0 bridgehead atoms. The van der Waals surface area contributed by atoms with Crippen LogP contribution in [0.2, 0.25) is 0 Å². The van der Waals surface area contributed by atoms with Crippen LogP contribution in [0.1, 0.15) is 33.6 Å². The predicted octanol–water partition coefficient (Wildman–Crippen LogP) is 1.66. The van der Waals surface area contributed by atoms with Crippen LogP contribution in [0.4, 0.5) is 0 Å². The molecule has 1 aliphatic rings. The van der Waals surface area contributed by atoms with Crippen molar-refractivity contribution in [3.8, 4) is 0 Å². The molecule has 16 heavy (non-hydrogen) atoms. The first kappa shape index (κ1) is 15.6. The summed E-state index contributed by atoms with van der Waals surface area (Å²) in [5.74, 6) is 0.333. The van der Waals surface area contributed by atoms with Gasteiger partial charge in [0.25, 0.3) is 6.47 Å². The fourth-order valence-corrected chi connectivity index (χ4v) is 1.49. The Kier molecular flexibility index (Phi) is 7.58. The Balaban J connectivity index is 0.000000293. The van der Waals surface area contributed by atoms with Crippen LogP contribution in [0.25, 0.3) is 0 Å². The molecule has 1 rings (SSSR count). The van der Waals surface area contributed by atoms with Gasteiger partial charge in [-0.2, -0.15) is 0 Å². The van der Waals surface area contributed by atoms with Gasteiger partial charge in [-0.25, -0.2) is 0 Å². The number of alkyl halides is 1. The summed E-state index contributed by atoms with van der Waals surface area (Å²) in [6.45, 7) is 7.73. The molecule has 1 aliphatic heterocycles. The monoisotopic (exact) mass is 293 g/mol. The number of hydrogen-bond acceptors (Lipinski definition) is 4. The Hall–Kier alpha value is -0.420. The quantitative estimate of drug-likeness (QED) is 0.590. The molecular formula is C11H20BrNO3. The lowest BCUT2D eigenvalue weighted by Gasteiger charge is -2.14. The van der Waals surface area contributed by atoms with Gasteiger partial charge in [-0.05, 0) is 33.7 Å². The van der Waals surface area contributed by atoms with Gasteiger partial charge in [-0.1, -0.05) is 15.9 Å². The summed E-state index contributed by atoms with van der Waals surface area (Å²) >= 11 is 3.31. The summed E-state index contributed by atoms with van der Waals surface area (Å²) < 4.78 is 4.55. The first-order chi connectivity index (χ1) is 7.37. The number of hydrogen-bond donors (Lipinski definition) is 1. The van der Waals surface area contributed by atoms with Crippen LogP contribution in [-0.4, -0.2) is 35.8 Å². The normalized spacial score (nSPS) is 21.5. The van der Waals surface area contributed by atoms with Gasteiger partial charge in [-0.15, -0.1) is 0 Å². The van der Waals surface area contributed by atoms with Crippen LogP contribution >= 0.6 is 15.9 Å². The van der Waals surface area contributed by atoms with Gasteiger partial charge in [0.2, 0.25) is 0 Å². The Bertz CT molecular complexity index is 226. The highest BCUT2D eigenvalue weighted by Gasteiger charge is 2.16. The summed E-state index contributed by atoms with van der Waals surface area (Å²) in [7, 11) is 0. The summed E-state index contributed by atoms with van der Waals surface area (Å²) in [6, 6.07) is 0. The van der Waals surface area contributed by atoms with Crippen molar-refractivity contribution in [3.05, 3.63) is 0 Å². The molecule has 0 aromatic heterocycles. The van der Waals surface area contributed by atoms with Crippen molar-refractivity contribution in [2.75, 3.05) is 13.1 Å². The third-order valence-electron chi connectivity index (χ3n) is 1.87. The van der Waals surface area contributed by atoms with Gasteiger partial charge in [-0.3, -0.25) is 9.59 Å². The van der Waals surface area contributed by atoms with E-state index in [9.17, 15) is 9.59 Å². The lowest BCUT2D eigenvalue weighted by Crippen LogP contribution is -2.17. The second-order valence-electron chi connectivity index (χ2n) is 4.55. The van der Waals surface area contributed by atoms with Crippen LogP contribution in [0.3, 0.4) is 0 Å². The Morgan fingerprint density at radius 1 is 1.44 bits per heavy atom. The van der Waals surface area contributed by atoms with Crippen LogP contribution in [0, 0.1) is 0 Å². The van der Waals surface area contributed by atoms with E-state index in [4.69, 9.17) is 0 Å². The van der Waals surface area contributed by atoms with Crippen molar-refractivity contribution >= 4 is 28.2 Å². The van der Waals surface area contributed by atoms with Crippen LogP contribution in [-0.2, 0) is 14.3 Å². The zero-order valence-corrected chi connectivity index (χ0v) is 11.7. The topological polar surface area (TPSA) is 55.4 Å². The minimum absolute atomic E-state index is 0.104. The molecule has 4 nitrogen and oxygen atoms in total. The number of Topliss-reactive ketones (excluding diaryl/α,β-unsaturated/α-hetero) is 1. The maximum Gasteiger partial charge on any atom is 0.293 e. The third-order valence-corrected chi connectivity index (χ3v) is 2.84. The second-order valence-corrected chi connectivity index (χ2v) is 5.65. The van der Waals surface area contributed by atoms with E-state index in [1.54, 1.807) is 0 Å². The number of carbonyl (C=O) groups excluding carboxylic acids is 2. The molecular weight excluding hydrogens is 274 g/mol. The highest BCUT2D eigenvalue weighted by atomic mass is 79.9. The summed E-state index contributed by atoms with van der Waals surface area (Å²) in [4.78, 5) is 20.6. The summed E-state index contributed by atoms with van der Waals surface area (Å²) in [5.41, 5.74) is -0.318. The average Bonchev–Trinajstić information content (AvgIpc) is 2.31. The van der Waals surface area contributed by atoms with Crippen molar-refractivity contribution in [1.82, 2.24) is 5.32 Å². The molecule has 1 atom stereocenters. The van der Waals surface area contributed by atoms with E-state index in [2.05, 4.69) is 26.0 Å². The van der Waals surface area contributed by atoms with Gasteiger partial charge in [0.15, 0.2) is 0 Å². The first-order valence-electron chi connectivity index (χ1n) is 5.36. The molecule has 0 amide bonds. The van der Waals surface area contributed by atoms with E-state index in [1.807, 2.05) is 20.8 Å². The molecule has 1 N–H and O–H groups in total. The van der Waals surface area contributed by atoms with Gasteiger partial charge in [0, 0.05) is 13.0 Å². The third kappa shape index (κ3) is 8.85. The number of halogens is 1. The molecule has 1 saturated heterocycles. The average molecular weight is 294 g/mol. The molecule has 94 valence electrons. The molecule has 5 heteroatoms. The molecule has 1 fully saturated rings. The molecule has 0 saturated carbocycles. The van der Waals surface area contributed by atoms with Crippen LogP contribution in [0.5, 0.6) is 0 Å². The van der Waals surface area contributed by atoms with Gasteiger partial charge >= 0.3 is 0 Å². The van der Waals surface area contributed by atoms with Crippen LogP contribution in [0.15, 0.2) is 0 Å². The van der Waals surface area contributed by atoms with E-state index in [0.29, 0.717) is 18.7 Å². The summed E-state index contributed by atoms with van der Waals surface area (Å²) in [5, 5.41) is 3.16. The number of nitrogens with one attached hydrogen (secondary N) is 1. The zero-order valence-electron chi connectivity index (χ0n) is 10.1. The molecule has 0 aliphatic carbocycles. The molecule has 0 spiro atoms. The van der Waals surface area contributed by atoms with Crippen molar-refractivity contribution < 1.29 is 14.3 Å². The SMILES string of the molecule is CC(C)(C)OC=O.O=C1CCNCCC1Br. The number of ether oxygens (including phenoxy) is 1. The fraction of sp³-hybridized carbons (Fsp3) is 0.818. The lowest BCUT2D eigenvalue weighted by atomic mass is 10.2. The fourth-order valence-electron chi connectivity index (χ4n) is 1.03.